The second-order valence-corrected chi connectivity index (χ2v) is 5.84. The molecule has 0 bridgehead atoms. The van der Waals surface area contributed by atoms with Crippen LogP contribution in [-0.4, -0.2) is 5.11 Å². The monoisotopic (exact) mass is 308 g/mol. The number of fused-ring (bicyclic) bond motifs is 1. The highest BCUT2D eigenvalue weighted by Gasteiger charge is 2.44. The summed E-state index contributed by atoms with van der Waals surface area (Å²) in [6.07, 6.45) is 2.02. The zero-order valence-corrected chi connectivity index (χ0v) is 13.1. The zero-order chi connectivity index (χ0) is 16.4. The Morgan fingerprint density at radius 2 is 1.38 bits per heavy atom. The first kappa shape index (κ1) is 14.5. The van der Waals surface area contributed by atoms with Crippen molar-refractivity contribution < 1.29 is 5.11 Å². The highest BCUT2D eigenvalue weighted by Crippen LogP contribution is 2.49. The van der Waals surface area contributed by atoms with E-state index in [1.165, 1.54) is 0 Å². The van der Waals surface area contributed by atoms with Gasteiger partial charge in [-0.05, 0) is 29.3 Å². The number of benzene rings is 3. The van der Waals surface area contributed by atoms with Gasteiger partial charge in [0.05, 0.1) is 0 Å². The lowest BCUT2D eigenvalue weighted by Crippen LogP contribution is -2.35. The Bertz CT molecular complexity index is 959. The third-order valence-electron chi connectivity index (χ3n) is 4.27. The molecule has 24 heavy (non-hydrogen) atoms. The van der Waals surface area contributed by atoms with Gasteiger partial charge in [-0.3, -0.25) is 0 Å². The molecule has 1 atom stereocenters. The molecule has 0 radical (unpaired) electrons. The van der Waals surface area contributed by atoms with Gasteiger partial charge in [0.2, 0.25) is 0 Å². The van der Waals surface area contributed by atoms with Crippen LogP contribution in [0.25, 0.3) is 11.6 Å². The van der Waals surface area contributed by atoms with Crippen LogP contribution in [0.4, 0.5) is 0 Å². The summed E-state index contributed by atoms with van der Waals surface area (Å²) < 4.78 is 0. The molecule has 3 aromatic rings. The van der Waals surface area contributed by atoms with Gasteiger partial charge in [-0.2, -0.15) is 0 Å². The van der Waals surface area contributed by atoms with Crippen LogP contribution in [0.3, 0.4) is 0 Å². The van der Waals surface area contributed by atoms with Crippen molar-refractivity contribution in [1.82, 2.24) is 0 Å². The van der Waals surface area contributed by atoms with Crippen molar-refractivity contribution in [3.05, 3.63) is 107 Å². The lowest BCUT2D eigenvalue weighted by Gasteiger charge is -2.38. The molecule has 4 rings (SSSR count). The highest BCUT2D eigenvalue weighted by atomic mass is 16.3. The topological polar surface area (TPSA) is 20.2 Å². The average molecular weight is 308 g/mol. The van der Waals surface area contributed by atoms with Crippen molar-refractivity contribution in [2.24, 2.45) is 0 Å². The van der Waals surface area contributed by atoms with Gasteiger partial charge in [0, 0.05) is 16.7 Å². The zero-order valence-electron chi connectivity index (χ0n) is 13.1. The summed E-state index contributed by atoms with van der Waals surface area (Å²) in [5.41, 5.74) is 3.52. The standard InChI is InChI=1S/C23H16O/c24-23(16-15-18-9-3-1-4-10-18)21-14-8-7-13-20(21)22(23)17-19-11-5-2-6-12-19/h1-14,17,24H/b22-17+. The van der Waals surface area contributed by atoms with E-state index >= 15 is 0 Å². The fourth-order valence-electron chi connectivity index (χ4n) is 3.03. The van der Waals surface area contributed by atoms with Crippen LogP contribution in [0.2, 0.25) is 0 Å². The summed E-state index contributed by atoms with van der Waals surface area (Å²) in [6, 6.07) is 27.7. The van der Waals surface area contributed by atoms with Gasteiger partial charge in [0.15, 0.2) is 5.60 Å². The van der Waals surface area contributed by atoms with Crippen LogP contribution in [0.1, 0.15) is 22.3 Å². The van der Waals surface area contributed by atoms with Crippen molar-refractivity contribution in [2.75, 3.05) is 0 Å². The minimum absolute atomic E-state index is 0.854. The molecule has 114 valence electrons. The molecule has 0 spiro atoms. The molecular weight excluding hydrogens is 292 g/mol. The maximum Gasteiger partial charge on any atom is 0.178 e. The second-order valence-electron chi connectivity index (χ2n) is 5.84. The van der Waals surface area contributed by atoms with Crippen molar-refractivity contribution in [3.8, 4) is 11.8 Å². The van der Waals surface area contributed by atoms with Crippen molar-refractivity contribution in [2.45, 2.75) is 5.60 Å². The molecule has 1 heteroatoms. The van der Waals surface area contributed by atoms with Crippen molar-refractivity contribution in [1.29, 1.82) is 0 Å². The van der Waals surface area contributed by atoms with Gasteiger partial charge >= 0.3 is 0 Å². The minimum Gasteiger partial charge on any atom is -0.369 e. The van der Waals surface area contributed by atoms with Gasteiger partial charge in [-0.15, -0.1) is 0 Å². The average Bonchev–Trinajstić information content (AvgIpc) is 2.66. The van der Waals surface area contributed by atoms with Crippen molar-refractivity contribution in [3.63, 3.8) is 0 Å². The molecule has 0 aliphatic heterocycles. The third kappa shape index (κ3) is 2.44. The molecule has 0 saturated heterocycles. The van der Waals surface area contributed by atoms with E-state index in [9.17, 15) is 5.11 Å². The summed E-state index contributed by atoms with van der Waals surface area (Å²) >= 11 is 0. The Balaban J connectivity index is 1.81. The van der Waals surface area contributed by atoms with Crippen LogP contribution in [0.5, 0.6) is 0 Å². The van der Waals surface area contributed by atoms with Crippen molar-refractivity contribution >= 4 is 11.6 Å². The van der Waals surface area contributed by atoms with Gasteiger partial charge < -0.3 is 5.11 Å². The van der Waals surface area contributed by atoms with Crippen LogP contribution in [0.15, 0.2) is 84.9 Å². The fraction of sp³-hybridized carbons (Fsp3) is 0.0435. The first-order chi connectivity index (χ1) is 11.8. The van der Waals surface area contributed by atoms with Gasteiger partial charge in [0.25, 0.3) is 0 Å². The summed E-state index contributed by atoms with van der Waals surface area (Å²) in [4.78, 5) is 0. The molecule has 1 nitrogen and oxygen atoms in total. The Kier molecular flexibility index (Phi) is 3.54. The lowest BCUT2D eigenvalue weighted by molar-refractivity contribution is 0.151. The van der Waals surface area contributed by atoms with Gasteiger partial charge in [-0.1, -0.05) is 84.6 Å². The van der Waals surface area contributed by atoms with Gasteiger partial charge in [-0.25, -0.2) is 0 Å². The highest BCUT2D eigenvalue weighted by molar-refractivity contribution is 5.98. The predicted molar refractivity (Wildman–Crippen MR) is 98.0 cm³/mol. The summed E-state index contributed by atoms with van der Waals surface area (Å²) in [5, 5.41) is 11.2. The van der Waals surface area contributed by atoms with E-state index in [1.54, 1.807) is 0 Å². The molecular formula is C23H16O. The normalized spacial score (nSPS) is 19.8. The van der Waals surface area contributed by atoms with E-state index in [2.05, 4.69) is 11.8 Å². The summed E-state index contributed by atoms with van der Waals surface area (Å²) in [6.45, 7) is 0. The maximum atomic E-state index is 11.2. The predicted octanol–water partition coefficient (Wildman–Crippen LogP) is 4.48. The van der Waals surface area contributed by atoms with E-state index in [1.807, 2.05) is 91.0 Å². The molecule has 3 aromatic carbocycles. The van der Waals surface area contributed by atoms with E-state index in [0.717, 1.165) is 27.8 Å². The molecule has 0 heterocycles. The van der Waals surface area contributed by atoms with Crippen LogP contribution < -0.4 is 0 Å². The molecule has 0 aromatic heterocycles. The molecule has 0 amide bonds. The number of rotatable bonds is 1. The SMILES string of the molecule is OC1(C#Cc2ccccc2)/C(=C/c2ccccc2)c2ccccc21. The summed E-state index contributed by atoms with van der Waals surface area (Å²) in [7, 11) is 0. The second kappa shape index (κ2) is 5.85. The molecule has 1 N–H and O–H groups in total. The van der Waals surface area contributed by atoms with Crippen LogP contribution in [-0.2, 0) is 5.60 Å². The van der Waals surface area contributed by atoms with E-state index in [-0.39, 0.29) is 0 Å². The quantitative estimate of drug-likeness (QED) is 0.657. The Morgan fingerprint density at radius 3 is 2.12 bits per heavy atom. The first-order valence-electron chi connectivity index (χ1n) is 7.95. The number of hydrogen-bond acceptors (Lipinski definition) is 1. The van der Waals surface area contributed by atoms with Crippen LogP contribution in [0, 0.1) is 11.8 Å². The molecule has 1 aliphatic rings. The molecule has 0 fully saturated rings. The number of hydrogen-bond donors (Lipinski definition) is 1. The number of aliphatic hydroxyl groups is 1. The van der Waals surface area contributed by atoms with E-state index in [4.69, 9.17) is 0 Å². The fourth-order valence-corrected chi connectivity index (χ4v) is 3.03. The van der Waals surface area contributed by atoms with E-state index in [0.29, 0.717) is 0 Å². The molecule has 1 unspecified atom stereocenters. The molecule has 0 saturated carbocycles. The van der Waals surface area contributed by atoms with Gasteiger partial charge in [0.1, 0.15) is 0 Å². The Labute approximate surface area is 141 Å². The maximum absolute atomic E-state index is 11.2. The summed E-state index contributed by atoms with van der Waals surface area (Å²) in [5.74, 6) is 6.18. The Hall–Kier alpha value is -3.08. The first-order valence-corrected chi connectivity index (χ1v) is 7.95. The smallest absolute Gasteiger partial charge is 0.178 e. The minimum atomic E-state index is -1.22. The lowest BCUT2D eigenvalue weighted by atomic mass is 9.68. The van der Waals surface area contributed by atoms with Crippen LogP contribution >= 0.6 is 0 Å². The van der Waals surface area contributed by atoms with E-state index < -0.39 is 5.60 Å². The Morgan fingerprint density at radius 1 is 0.750 bits per heavy atom. The molecule has 1 aliphatic carbocycles. The third-order valence-corrected chi connectivity index (χ3v) is 4.27. The largest absolute Gasteiger partial charge is 0.369 e.